The van der Waals surface area contributed by atoms with Crippen molar-refractivity contribution in [1.82, 2.24) is 14.4 Å². The van der Waals surface area contributed by atoms with Gasteiger partial charge in [0, 0.05) is 38.1 Å². The van der Waals surface area contributed by atoms with Gasteiger partial charge in [0.2, 0.25) is 0 Å². The second-order valence-electron chi connectivity index (χ2n) is 7.07. The van der Waals surface area contributed by atoms with Crippen LogP contribution in [0.25, 0.3) is 0 Å². The maximum absolute atomic E-state index is 13.4. The second kappa shape index (κ2) is 9.82. The van der Waals surface area contributed by atoms with Gasteiger partial charge in [0.15, 0.2) is 0 Å². The molecule has 0 fully saturated rings. The molecule has 1 aromatic heterocycles. The minimum atomic E-state index is -3.86. The summed E-state index contributed by atoms with van der Waals surface area (Å²) in [5, 5.41) is 0. The van der Waals surface area contributed by atoms with Crippen LogP contribution in [0.5, 0.6) is 0 Å². The molecular formula is C23H25N3O4S. The van der Waals surface area contributed by atoms with Gasteiger partial charge in [-0.25, -0.2) is 8.42 Å². The van der Waals surface area contributed by atoms with Crippen molar-refractivity contribution >= 4 is 15.9 Å². The molecule has 0 aliphatic heterocycles. The number of hydrogen-bond donors (Lipinski definition) is 0. The Hall–Kier alpha value is -3.07. The summed E-state index contributed by atoms with van der Waals surface area (Å²) in [7, 11) is -1.29. The van der Waals surface area contributed by atoms with E-state index in [-0.39, 0.29) is 16.4 Å². The number of benzene rings is 2. The highest BCUT2D eigenvalue weighted by Gasteiger charge is 2.24. The minimum absolute atomic E-state index is 0.0140. The number of sulfonamides is 1. The summed E-state index contributed by atoms with van der Waals surface area (Å²) in [4.78, 5) is 24.1. The van der Waals surface area contributed by atoms with Crippen LogP contribution in [0, 0.1) is 6.92 Å². The lowest BCUT2D eigenvalue weighted by Gasteiger charge is -2.24. The predicted octanol–water partition coefficient (Wildman–Crippen LogP) is 3.41. The van der Waals surface area contributed by atoms with Crippen molar-refractivity contribution in [2.45, 2.75) is 24.9 Å². The van der Waals surface area contributed by atoms with E-state index in [0.29, 0.717) is 13.1 Å². The zero-order valence-electron chi connectivity index (χ0n) is 17.7. The van der Waals surface area contributed by atoms with E-state index in [4.69, 9.17) is 4.84 Å². The summed E-state index contributed by atoms with van der Waals surface area (Å²) < 4.78 is 26.0. The first-order chi connectivity index (χ1) is 14.8. The summed E-state index contributed by atoms with van der Waals surface area (Å²) in [6, 6.07) is 17.6. The predicted molar refractivity (Wildman–Crippen MR) is 117 cm³/mol. The number of hydrogen-bond acceptors (Lipinski definition) is 5. The van der Waals surface area contributed by atoms with Crippen LogP contribution in [0.4, 0.5) is 0 Å². The van der Waals surface area contributed by atoms with E-state index < -0.39 is 10.0 Å². The number of amides is 1. The first kappa shape index (κ1) is 22.6. The van der Waals surface area contributed by atoms with Gasteiger partial charge in [0.1, 0.15) is 0 Å². The lowest BCUT2D eigenvalue weighted by molar-refractivity contribution is -0.0258. The van der Waals surface area contributed by atoms with Crippen molar-refractivity contribution in [3.8, 4) is 0 Å². The standard InChI is InChI=1S/C23H25N3O4S/c1-18-8-4-5-10-21(18)17-26(16-19-9-7-13-24-15-19)23(27)20-11-6-12-22(14-20)31(28,29)25(2)30-3/h4-15H,16-17H2,1-3H3. The van der Waals surface area contributed by atoms with Crippen molar-refractivity contribution in [3.05, 3.63) is 95.3 Å². The maximum atomic E-state index is 13.4. The number of nitrogens with zero attached hydrogens (tertiary/aromatic N) is 3. The first-order valence-electron chi connectivity index (χ1n) is 9.68. The minimum Gasteiger partial charge on any atom is -0.330 e. The molecule has 0 spiro atoms. The summed E-state index contributed by atoms with van der Waals surface area (Å²) in [5.41, 5.74) is 3.25. The highest BCUT2D eigenvalue weighted by atomic mass is 32.2. The molecule has 1 heterocycles. The van der Waals surface area contributed by atoms with Crippen LogP contribution in [0.15, 0.2) is 78.0 Å². The van der Waals surface area contributed by atoms with Gasteiger partial charge in [-0.15, -0.1) is 0 Å². The van der Waals surface area contributed by atoms with E-state index in [1.54, 1.807) is 29.4 Å². The molecule has 7 nitrogen and oxygen atoms in total. The van der Waals surface area contributed by atoms with Gasteiger partial charge in [-0.1, -0.05) is 40.9 Å². The molecular weight excluding hydrogens is 414 g/mol. The highest BCUT2D eigenvalue weighted by molar-refractivity contribution is 7.89. The van der Waals surface area contributed by atoms with Crippen molar-refractivity contribution in [2.75, 3.05) is 14.2 Å². The molecule has 0 radical (unpaired) electrons. The number of aryl methyl sites for hydroxylation is 1. The summed E-state index contributed by atoms with van der Waals surface area (Å²) in [5.74, 6) is -0.274. The molecule has 0 saturated heterocycles. The fourth-order valence-corrected chi connectivity index (χ4v) is 4.14. The summed E-state index contributed by atoms with van der Waals surface area (Å²) >= 11 is 0. The second-order valence-corrected chi connectivity index (χ2v) is 9.01. The molecule has 1 amide bonds. The number of carbonyl (C=O) groups excluding carboxylic acids is 1. The molecule has 0 saturated carbocycles. The Morgan fingerprint density at radius 1 is 1.03 bits per heavy atom. The van der Waals surface area contributed by atoms with Crippen LogP contribution in [-0.4, -0.2) is 42.8 Å². The molecule has 162 valence electrons. The molecule has 0 bridgehead atoms. The zero-order chi connectivity index (χ0) is 22.4. The van der Waals surface area contributed by atoms with Crippen molar-refractivity contribution < 1.29 is 18.0 Å². The molecule has 31 heavy (non-hydrogen) atoms. The van der Waals surface area contributed by atoms with E-state index in [1.807, 2.05) is 43.3 Å². The van der Waals surface area contributed by atoms with E-state index in [0.717, 1.165) is 21.2 Å². The molecule has 2 aromatic carbocycles. The number of hydroxylamine groups is 1. The van der Waals surface area contributed by atoms with E-state index in [1.165, 1.54) is 26.3 Å². The van der Waals surface area contributed by atoms with E-state index >= 15 is 0 Å². The Bertz CT molecular complexity index is 1150. The molecule has 8 heteroatoms. The number of rotatable bonds is 8. The van der Waals surface area contributed by atoms with Gasteiger partial charge in [-0.2, -0.15) is 0 Å². The van der Waals surface area contributed by atoms with Crippen LogP contribution in [0.1, 0.15) is 27.0 Å². The quantitative estimate of drug-likeness (QED) is 0.503. The van der Waals surface area contributed by atoms with E-state index in [9.17, 15) is 13.2 Å². The highest BCUT2D eigenvalue weighted by Crippen LogP contribution is 2.20. The Morgan fingerprint density at radius 3 is 2.48 bits per heavy atom. The fourth-order valence-electron chi connectivity index (χ4n) is 3.12. The van der Waals surface area contributed by atoms with Crippen LogP contribution in [0.3, 0.4) is 0 Å². The molecule has 0 aliphatic rings. The molecule has 0 unspecified atom stereocenters. The first-order valence-corrected chi connectivity index (χ1v) is 11.1. The Morgan fingerprint density at radius 2 is 1.81 bits per heavy atom. The van der Waals surface area contributed by atoms with E-state index in [2.05, 4.69) is 4.98 Å². The van der Waals surface area contributed by atoms with Gasteiger partial charge >= 0.3 is 0 Å². The lowest BCUT2D eigenvalue weighted by Crippen LogP contribution is -2.31. The molecule has 0 N–H and O–H groups in total. The van der Waals surface area contributed by atoms with Gasteiger partial charge in [0.25, 0.3) is 15.9 Å². The molecule has 0 aliphatic carbocycles. The Labute approximate surface area is 182 Å². The van der Waals surface area contributed by atoms with Gasteiger partial charge in [-0.3, -0.25) is 14.6 Å². The summed E-state index contributed by atoms with van der Waals surface area (Å²) in [6.07, 6.45) is 3.39. The maximum Gasteiger partial charge on any atom is 0.264 e. The SMILES string of the molecule is CON(C)S(=O)(=O)c1cccc(C(=O)N(Cc2cccnc2)Cc2ccccc2C)c1. The topological polar surface area (TPSA) is 79.8 Å². The van der Waals surface area contributed by atoms with Crippen LogP contribution in [-0.2, 0) is 28.0 Å². The molecule has 0 atom stereocenters. The van der Waals surface area contributed by atoms with Gasteiger partial charge < -0.3 is 4.90 Å². The third-order valence-corrected chi connectivity index (χ3v) is 6.66. The van der Waals surface area contributed by atoms with Crippen LogP contribution in [0.2, 0.25) is 0 Å². The third kappa shape index (κ3) is 5.35. The zero-order valence-corrected chi connectivity index (χ0v) is 18.5. The Kier molecular flexibility index (Phi) is 7.17. The van der Waals surface area contributed by atoms with Crippen molar-refractivity contribution in [2.24, 2.45) is 0 Å². The lowest BCUT2D eigenvalue weighted by atomic mass is 10.1. The fraction of sp³-hybridized carbons (Fsp3) is 0.217. The Balaban J connectivity index is 1.96. The smallest absolute Gasteiger partial charge is 0.264 e. The van der Waals surface area contributed by atoms with Crippen molar-refractivity contribution in [3.63, 3.8) is 0 Å². The monoisotopic (exact) mass is 439 g/mol. The largest absolute Gasteiger partial charge is 0.330 e. The average molecular weight is 440 g/mol. The van der Waals surface area contributed by atoms with Gasteiger partial charge in [0.05, 0.1) is 12.0 Å². The molecule has 3 aromatic rings. The van der Waals surface area contributed by atoms with Crippen LogP contribution < -0.4 is 0 Å². The molecule has 3 rings (SSSR count). The number of aromatic nitrogens is 1. The van der Waals surface area contributed by atoms with Gasteiger partial charge in [-0.05, 0) is 47.9 Å². The van der Waals surface area contributed by atoms with Crippen molar-refractivity contribution in [1.29, 1.82) is 0 Å². The van der Waals surface area contributed by atoms with Crippen LogP contribution >= 0.6 is 0 Å². The summed E-state index contributed by atoms with van der Waals surface area (Å²) in [6.45, 7) is 2.72. The number of carbonyl (C=O) groups is 1. The third-order valence-electron chi connectivity index (χ3n) is 4.98. The average Bonchev–Trinajstić information content (AvgIpc) is 2.79. The normalized spacial score (nSPS) is 11.5. The number of pyridine rings is 1.